The van der Waals surface area contributed by atoms with E-state index in [1.54, 1.807) is 46.0 Å². The van der Waals surface area contributed by atoms with Crippen LogP contribution in [0.3, 0.4) is 0 Å². The molecule has 2 amide bonds. The molecular formula is C30H45N5O7. The number of carboxylic acids is 1. The van der Waals surface area contributed by atoms with E-state index in [1.807, 2.05) is 4.90 Å². The second-order valence-electron chi connectivity index (χ2n) is 10.9. The van der Waals surface area contributed by atoms with Gasteiger partial charge in [0, 0.05) is 11.1 Å². The van der Waals surface area contributed by atoms with Gasteiger partial charge in [-0.3, -0.25) is 24.1 Å². The molecule has 1 unspecified atom stereocenters. The van der Waals surface area contributed by atoms with E-state index in [2.05, 4.69) is 27.7 Å². The number of aromatic nitrogens is 2. The van der Waals surface area contributed by atoms with Crippen LogP contribution in [0.5, 0.6) is 5.75 Å². The molecule has 1 aromatic carbocycles. The lowest BCUT2D eigenvalue weighted by molar-refractivity contribution is -0.141. The van der Waals surface area contributed by atoms with Gasteiger partial charge in [-0.25, -0.2) is 0 Å². The van der Waals surface area contributed by atoms with Crippen molar-refractivity contribution in [1.29, 1.82) is 0 Å². The number of aliphatic carboxylic acids is 1. The first-order valence-electron chi connectivity index (χ1n) is 14.5. The Labute approximate surface area is 247 Å². The zero-order valence-corrected chi connectivity index (χ0v) is 25.6. The molecule has 0 radical (unpaired) electrons. The number of carboxylic acid groups (broad SMARTS) is 1. The van der Waals surface area contributed by atoms with Gasteiger partial charge in [0.15, 0.2) is 11.6 Å². The predicted molar refractivity (Wildman–Crippen MR) is 157 cm³/mol. The summed E-state index contributed by atoms with van der Waals surface area (Å²) in [5.41, 5.74) is 1.15. The highest BCUT2D eigenvalue weighted by Gasteiger charge is 2.30. The number of methoxy groups -OCH3 is 1. The number of hydrogen-bond acceptors (Lipinski definition) is 9. The largest absolute Gasteiger partial charge is 0.496 e. The molecule has 2 aromatic rings. The number of nitrogens with zero attached hydrogens (tertiary/aromatic N) is 3. The Morgan fingerprint density at radius 1 is 1.10 bits per heavy atom. The minimum atomic E-state index is -1.22. The van der Waals surface area contributed by atoms with Crippen LogP contribution in [-0.4, -0.2) is 83.0 Å². The minimum absolute atomic E-state index is 0.0143. The number of hydrogen-bond donors (Lipinski definition) is 3. The van der Waals surface area contributed by atoms with Crippen LogP contribution in [0.25, 0.3) is 11.5 Å². The summed E-state index contributed by atoms with van der Waals surface area (Å²) in [6.45, 7) is 8.07. The van der Waals surface area contributed by atoms with Crippen LogP contribution in [0.2, 0.25) is 0 Å². The average Bonchev–Trinajstić information content (AvgIpc) is 3.36. The number of aryl methyl sites for hydroxylation is 1. The van der Waals surface area contributed by atoms with E-state index in [0.29, 0.717) is 35.1 Å². The molecule has 1 aromatic heterocycles. The summed E-state index contributed by atoms with van der Waals surface area (Å²) in [7, 11) is 3.29. The van der Waals surface area contributed by atoms with Gasteiger partial charge in [0.05, 0.1) is 32.5 Å². The summed E-state index contributed by atoms with van der Waals surface area (Å²) < 4.78 is 10.6. The molecule has 1 heterocycles. The van der Waals surface area contributed by atoms with E-state index in [9.17, 15) is 24.3 Å². The maximum atomic E-state index is 13.3. The molecule has 12 heteroatoms. The van der Waals surface area contributed by atoms with E-state index in [-0.39, 0.29) is 18.9 Å². The van der Waals surface area contributed by atoms with E-state index < -0.39 is 42.1 Å². The van der Waals surface area contributed by atoms with Crippen molar-refractivity contribution >= 4 is 23.6 Å². The van der Waals surface area contributed by atoms with Gasteiger partial charge in [0.2, 0.25) is 11.8 Å². The molecule has 0 saturated heterocycles. The van der Waals surface area contributed by atoms with Crippen LogP contribution < -0.4 is 15.4 Å². The highest BCUT2D eigenvalue weighted by molar-refractivity contribution is 5.95. The zero-order valence-electron chi connectivity index (χ0n) is 25.6. The first-order valence-corrected chi connectivity index (χ1v) is 14.5. The summed E-state index contributed by atoms with van der Waals surface area (Å²) in [6, 6.07) is 2.92. The number of ether oxygens (including phenoxy) is 1. The van der Waals surface area contributed by atoms with Crippen molar-refractivity contribution in [2.75, 3.05) is 27.2 Å². The maximum absolute atomic E-state index is 13.3. The maximum Gasteiger partial charge on any atom is 0.305 e. The lowest BCUT2D eigenvalue weighted by atomic mass is 10.0. The molecule has 0 saturated carbocycles. The van der Waals surface area contributed by atoms with Crippen molar-refractivity contribution < 1.29 is 33.5 Å². The molecule has 0 aliphatic carbocycles. The number of likely N-dealkylation sites (N-methyl/N-ethyl adjacent to an activating group) is 1. The summed E-state index contributed by atoms with van der Waals surface area (Å²) in [4.78, 5) is 56.9. The monoisotopic (exact) mass is 587 g/mol. The average molecular weight is 588 g/mol. The first kappa shape index (κ1) is 34.4. The van der Waals surface area contributed by atoms with Gasteiger partial charge < -0.3 is 25.0 Å². The molecular weight excluding hydrogens is 542 g/mol. The Morgan fingerprint density at radius 2 is 1.81 bits per heavy atom. The van der Waals surface area contributed by atoms with Crippen molar-refractivity contribution in [2.24, 2.45) is 5.92 Å². The SMILES string of the molecule is CCCCCCCN(C)CC(=O)C(CC(=O)O)NC(=O)[C@@H](NC(=O)Cc1cc(-c2nc(C)no2)ccc1OC)C(C)C. The topological polar surface area (TPSA) is 164 Å². The molecule has 0 bridgehead atoms. The fraction of sp³-hybridized carbons (Fsp3) is 0.600. The molecule has 0 aliphatic heterocycles. The van der Waals surface area contributed by atoms with Crippen LogP contribution >= 0.6 is 0 Å². The van der Waals surface area contributed by atoms with Crippen LogP contribution in [-0.2, 0) is 25.6 Å². The van der Waals surface area contributed by atoms with Crippen molar-refractivity contribution in [3.8, 4) is 17.2 Å². The smallest absolute Gasteiger partial charge is 0.305 e. The van der Waals surface area contributed by atoms with E-state index in [4.69, 9.17) is 9.26 Å². The lowest BCUT2D eigenvalue weighted by Crippen LogP contribution is -2.55. The fourth-order valence-electron chi connectivity index (χ4n) is 4.52. The predicted octanol–water partition coefficient (Wildman–Crippen LogP) is 3.17. The van der Waals surface area contributed by atoms with E-state index in [0.717, 1.165) is 25.7 Å². The van der Waals surface area contributed by atoms with E-state index in [1.165, 1.54) is 13.5 Å². The molecule has 0 fully saturated rings. The van der Waals surface area contributed by atoms with Crippen LogP contribution in [0, 0.1) is 12.8 Å². The van der Waals surface area contributed by atoms with E-state index >= 15 is 0 Å². The number of amides is 2. The number of rotatable bonds is 19. The quantitative estimate of drug-likeness (QED) is 0.208. The van der Waals surface area contributed by atoms with Gasteiger partial charge >= 0.3 is 5.97 Å². The molecule has 0 spiro atoms. The highest BCUT2D eigenvalue weighted by Crippen LogP contribution is 2.26. The standard InChI is InChI=1S/C30H45N5O7/c1-7-8-9-10-11-14-35(5)18-24(36)23(17-27(38)39)32-29(40)28(19(2)3)33-26(37)16-22-15-21(12-13-25(22)41-6)30-31-20(4)34-42-30/h12-13,15,19,23,28H,7-11,14,16-18H2,1-6H3,(H,32,40)(H,33,37)(H,38,39)/t23?,28-/m0/s1. The van der Waals surface area contributed by atoms with Crippen molar-refractivity contribution in [3.05, 3.63) is 29.6 Å². The zero-order chi connectivity index (χ0) is 31.2. The normalized spacial score (nSPS) is 12.7. The molecule has 42 heavy (non-hydrogen) atoms. The molecule has 232 valence electrons. The number of carbonyl (C=O) groups excluding carboxylic acids is 3. The number of Topliss-reactive ketones (excluding diaryl/α,β-unsaturated/α-hetero) is 1. The number of ketones is 1. The molecule has 12 nitrogen and oxygen atoms in total. The Morgan fingerprint density at radius 3 is 2.40 bits per heavy atom. The van der Waals surface area contributed by atoms with Crippen molar-refractivity contribution in [2.45, 2.75) is 84.7 Å². The third kappa shape index (κ3) is 11.2. The van der Waals surface area contributed by atoms with Gasteiger partial charge in [0.1, 0.15) is 11.8 Å². The lowest BCUT2D eigenvalue weighted by Gasteiger charge is -2.26. The molecule has 3 N–H and O–H groups in total. The van der Waals surface area contributed by atoms with Crippen molar-refractivity contribution in [3.63, 3.8) is 0 Å². The van der Waals surface area contributed by atoms with Crippen LogP contribution in [0.4, 0.5) is 0 Å². The Bertz CT molecular complexity index is 1200. The Hall–Kier alpha value is -3.80. The van der Waals surface area contributed by atoms with Crippen LogP contribution in [0.15, 0.2) is 22.7 Å². The Balaban J connectivity index is 2.07. The summed E-state index contributed by atoms with van der Waals surface area (Å²) in [6.07, 6.45) is 4.78. The first-order chi connectivity index (χ1) is 19.9. The third-order valence-electron chi connectivity index (χ3n) is 6.82. The second kappa shape index (κ2) is 17.2. The Kier molecular flexibility index (Phi) is 14.1. The van der Waals surface area contributed by atoms with Crippen LogP contribution in [0.1, 0.15) is 70.7 Å². The van der Waals surface area contributed by atoms with Gasteiger partial charge in [0.25, 0.3) is 5.89 Å². The summed E-state index contributed by atoms with van der Waals surface area (Å²) in [5.74, 6) is -1.77. The molecule has 2 atom stereocenters. The molecule has 2 rings (SSSR count). The fourth-order valence-corrected chi connectivity index (χ4v) is 4.52. The van der Waals surface area contributed by atoms with Crippen molar-refractivity contribution in [1.82, 2.24) is 25.7 Å². The van der Waals surface area contributed by atoms with Gasteiger partial charge in [-0.05, 0) is 51.1 Å². The number of carbonyl (C=O) groups is 4. The van der Waals surface area contributed by atoms with Gasteiger partial charge in [-0.2, -0.15) is 4.98 Å². The van der Waals surface area contributed by atoms with Gasteiger partial charge in [-0.1, -0.05) is 51.6 Å². The second-order valence-corrected chi connectivity index (χ2v) is 10.9. The summed E-state index contributed by atoms with van der Waals surface area (Å²) >= 11 is 0. The number of unbranched alkanes of at least 4 members (excludes halogenated alkanes) is 4. The minimum Gasteiger partial charge on any atom is -0.496 e. The summed E-state index contributed by atoms with van der Waals surface area (Å²) in [5, 5.41) is 18.5. The third-order valence-corrected chi connectivity index (χ3v) is 6.82. The van der Waals surface area contributed by atoms with Gasteiger partial charge in [-0.15, -0.1) is 0 Å². The number of nitrogens with one attached hydrogen (secondary N) is 2. The number of benzene rings is 1. The molecule has 0 aliphatic rings. The highest BCUT2D eigenvalue weighted by atomic mass is 16.5.